The highest BCUT2D eigenvalue weighted by atomic mass is 19.4. The number of halogens is 3. The van der Waals surface area contributed by atoms with Gasteiger partial charge in [0.15, 0.2) is 0 Å². The molecule has 1 N–H and O–H groups in total. The molecule has 0 aliphatic heterocycles. The number of carbonyl (C=O) groups excluding carboxylic acids is 1. The molecule has 0 aliphatic rings. The molecule has 4 aromatic rings. The number of para-hydroxylation sites is 1. The molecule has 0 fully saturated rings. The van der Waals surface area contributed by atoms with Crippen molar-refractivity contribution in [3.05, 3.63) is 84.4 Å². The van der Waals surface area contributed by atoms with Gasteiger partial charge < -0.3 is 9.73 Å². The summed E-state index contributed by atoms with van der Waals surface area (Å²) in [4.78, 5) is 16.7. The normalized spacial score (nSPS) is 11.5. The lowest BCUT2D eigenvalue weighted by molar-refractivity contribution is -0.137. The highest BCUT2D eigenvalue weighted by Gasteiger charge is 2.30. The third kappa shape index (κ3) is 3.34. The molecule has 0 saturated heterocycles. The Hall–Kier alpha value is -3.61. The van der Waals surface area contributed by atoms with E-state index in [2.05, 4.69) is 10.3 Å². The first kappa shape index (κ1) is 17.8. The van der Waals surface area contributed by atoms with Crippen LogP contribution in [0, 0.1) is 0 Å². The number of pyridine rings is 1. The summed E-state index contributed by atoms with van der Waals surface area (Å²) in [6, 6.07) is 13.2. The third-order valence-corrected chi connectivity index (χ3v) is 4.26. The Morgan fingerprint density at radius 1 is 1.04 bits per heavy atom. The third-order valence-electron chi connectivity index (χ3n) is 4.26. The maximum atomic E-state index is 12.9. The van der Waals surface area contributed by atoms with Crippen LogP contribution in [0.15, 0.2) is 77.7 Å². The highest BCUT2D eigenvalue weighted by molar-refractivity contribution is 6.13. The lowest BCUT2D eigenvalue weighted by atomic mass is 10.0. The minimum Gasteiger partial charge on any atom is -0.463 e. The van der Waals surface area contributed by atoms with E-state index in [1.807, 2.05) is 12.1 Å². The minimum atomic E-state index is -4.49. The van der Waals surface area contributed by atoms with Crippen LogP contribution < -0.4 is 5.32 Å². The molecule has 4 nitrogen and oxygen atoms in total. The Kier molecular flexibility index (Phi) is 4.35. The number of nitrogens with zero attached hydrogens (tertiary/aromatic N) is 1. The molecule has 28 heavy (non-hydrogen) atoms. The number of furan rings is 1. The van der Waals surface area contributed by atoms with Gasteiger partial charge in [0.25, 0.3) is 5.91 Å². The molecule has 0 aliphatic carbocycles. The Balaban J connectivity index is 1.68. The summed E-state index contributed by atoms with van der Waals surface area (Å²) in [6.45, 7) is 0. The summed E-state index contributed by atoms with van der Waals surface area (Å²) >= 11 is 0. The van der Waals surface area contributed by atoms with Gasteiger partial charge in [0.05, 0.1) is 17.4 Å². The van der Waals surface area contributed by atoms with E-state index >= 15 is 0 Å². The van der Waals surface area contributed by atoms with Gasteiger partial charge in [-0.3, -0.25) is 9.78 Å². The van der Waals surface area contributed by atoms with E-state index in [0.29, 0.717) is 11.0 Å². The van der Waals surface area contributed by atoms with Crippen molar-refractivity contribution in [2.24, 2.45) is 0 Å². The predicted molar refractivity (Wildman–Crippen MR) is 98.8 cm³/mol. The summed E-state index contributed by atoms with van der Waals surface area (Å²) in [5, 5.41) is 3.21. The first-order valence-corrected chi connectivity index (χ1v) is 8.33. The molecule has 0 saturated carbocycles. The Bertz CT molecular complexity index is 1150. The van der Waals surface area contributed by atoms with E-state index in [9.17, 15) is 18.0 Å². The quantitative estimate of drug-likeness (QED) is 0.490. The van der Waals surface area contributed by atoms with Crippen LogP contribution in [0.5, 0.6) is 0 Å². The lowest BCUT2D eigenvalue weighted by Crippen LogP contribution is -2.13. The molecular weight excluding hydrogens is 369 g/mol. The molecule has 140 valence electrons. The number of rotatable bonds is 3. The average Bonchev–Trinajstić information content (AvgIpc) is 3.12. The SMILES string of the molecule is O=C(Nc1cccc(C(F)(F)F)c1)c1cccc2c(-c3cccnc3)coc12. The van der Waals surface area contributed by atoms with Crippen molar-refractivity contribution in [1.82, 2.24) is 4.98 Å². The minimum absolute atomic E-state index is 0.0517. The monoisotopic (exact) mass is 382 g/mol. The van der Waals surface area contributed by atoms with Crippen molar-refractivity contribution in [3.63, 3.8) is 0 Å². The first-order chi connectivity index (χ1) is 13.4. The van der Waals surface area contributed by atoms with Crippen LogP contribution in [-0.2, 0) is 6.18 Å². The van der Waals surface area contributed by atoms with E-state index in [1.54, 1.807) is 30.6 Å². The van der Waals surface area contributed by atoms with E-state index in [-0.39, 0.29) is 11.3 Å². The summed E-state index contributed by atoms with van der Waals surface area (Å²) < 4.78 is 44.2. The van der Waals surface area contributed by atoms with Crippen LogP contribution in [0.4, 0.5) is 18.9 Å². The second-order valence-electron chi connectivity index (χ2n) is 6.11. The molecule has 2 aromatic heterocycles. The number of nitrogens with one attached hydrogen (secondary N) is 1. The standard InChI is InChI=1S/C21H13F3N2O2/c22-21(23,24)14-5-1-6-15(10-14)26-20(27)17-8-2-7-16-18(12-28-19(16)17)13-4-3-9-25-11-13/h1-12H,(H,26,27). The zero-order valence-electron chi connectivity index (χ0n) is 14.3. The summed E-state index contributed by atoms with van der Waals surface area (Å²) in [6.07, 6.45) is 0.377. The number of benzene rings is 2. The highest BCUT2D eigenvalue weighted by Crippen LogP contribution is 2.33. The molecule has 1 amide bonds. The molecule has 4 rings (SSSR count). The van der Waals surface area contributed by atoms with Gasteiger partial charge in [-0.05, 0) is 30.3 Å². The summed E-state index contributed by atoms with van der Waals surface area (Å²) in [5.41, 5.74) is 1.40. The number of aromatic nitrogens is 1. The summed E-state index contributed by atoms with van der Waals surface area (Å²) in [7, 11) is 0. The molecule has 0 radical (unpaired) electrons. The Labute approximate surface area is 157 Å². The number of hydrogen-bond donors (Lipinski definition) is 1. The number of anilines is 1. The van der Waals surface area contributed by atoms with Crippen LogP contribution in [0.1, 0.15) is 15.9 Å². The van der Waals surface area contributed by atoms with Crippen molar-refractivity contribution in [1.29, 1.82) is 0 Å². The second-order valence-corrected chi connectivity index (χ2v) is 6.11. The Morgan fingerprint density at radius 2 is 1.86 bits per heavy atom. The van der Waals surface area contributed by atoms with Gasteiger partial charge in [-0.25, -0.2) is 0 Å². The van der Waals surface area contributed by atoms with E-state index in [4.69, 9.17) is 4.42 Å². The maximum Gasteiger partial charge on any atom is 0.416 e. The van der Waals surface area contributed by atoms with Gasteiger partial charge in [0.2, 0.25) is 0 Å². The zero-order chi connectivity index (χ0) is 19.7. The van der Waals surface area contributed by atoms with E-state index in [1.165, 1.54) is 18.4 Å². The molecule has 0 atom stereocenters. The molecule has 0 spiro atoms. The van der Waals surface area contributed by atoms with Gasteiger partial charge in [0, 0.05) is 34.6 Å². The fraction of sp³-hybridized carbons (Fsp3) is 0.0476. The van der Waals surface area contributed by atoms with E-state index in [0.717, 1.165) is 23.3 Å². The fourth-order valence-corrected chi connectivity index (χ4v) is 2.95. The number of amides is 1. The fourth-order valence-electron chi connectivity index (χ4n) is 2.95. The number of carbonyl (C=O) groups is 1. The van der Waals surface area contributed by atoms with Gasteiger partial charge in [0.1, 0.15) is 5.58 Å². The number of alkyl halides is 3. The van der Waals surface area contributed by atoms with Crippen molar-refractivity contribution < 1.29 is 22.4 Å². The maximum absolute atomic E-state index is 12.9. The lowest BCUT2D eigenvalue weighted by Gasteiger charge is -2.10. The predicted octanol–water partition coefficient (Wildman–Crippen LogP) is 5.77. The van der Waals surface area contributed by atoms with Gasteiger partial charge in [-0.2, -0.15) is 13.2 Å². The van der Waals surface area contributed by atoms with Gasteiger partial charge in [-0.15, -0.1) is 0 Å². The molecule has 7 heteroatoms. The molecule has 2 aromatic carbocycles. The van der Waals surface area contributed by atoms with E-state index < -0.39 is 17.6 Å². The van der Waals surface area contributed by atoms with Crippen LogP contribution >= 0.6 is 0 Å². The second kappa shape index (κ2) is 6.84. The van der Waals surface area contributed by atoms with Crippen LogP contribution in [0.2, 0.25) is 0 Å². The number of fused-ring (bicyclic) bond motifs is 1. The van der Waals surface area contributed by atoms with Crippen LogP contribution in [-0.4, -0.2) is 10.9 Å². The topological polar surface area (TPSA) is 55.1 Å². The summed E-state index contributed by atoms with van der Waals surface area (Å²) in [5.74, 6) is -0.558. The Morgan fingerprint density at radius 3 is 2.61 bits per heavy atom. The molecule has 2 heterocycles. The molecule has 0 unspecified atom stereocenters. The van der Waals surface area contributed by atoms with Gasteiger partial charge in [-0.1, -0.05) is 24.3 Å². The molecule has 0 bridgehead atoms. The van der Waals surface area contributed by atoms with Crippen molar-refractivity contribution in [3.8, 4) is 11.1 Å². The van der Waals surface area contributed by atoms with Gasteiger partial charge >= 0.3 is 6.18 Å². The number of hydrogen-bond acceptors (Lipinski definition) is 3. The van der Waals surface area contributed by atoms with Crippen LogP contribution in [0.3, 0.4) is 0 Å². The average molecular weight is 382 g/mol. The smallest absolute Gasteiger partial charge is 0.416 e. The van der Waals surface area contributed by atoms with Crippen molar-refractivity contribution in [2.75, 3.05) is 5.32 Å². The largest absolute Gasteiger partial charge is 0.463 e. The molecular formula is C21H13F3N2O2. The zero-order valence-corrected chi connectivity index (χ0v) is 14.3. The van der Waals surface area contributed by atoms with Crippen molar-refractivity contribution in [2.45, 2.75) is 6.18 Å². The van der Waals surface area contributed by atoms with Crippen molar-refractivity contribution >= 4 is 22.6 Å². The first-order valence-electron chi connectivity index (χ1n) is 8.33. The van der Waals surface area contributed by atoms with Crippen LogP contribution in [0.25, 0.3) is 22.1 Å².